The molecule has 0 aliphatic rings. The molecule has 0 saturated heterocycles. The molecule has 6 heteroatoms. The first kappa shape index (κ1) is 13.4. The lowest BCUT2D eigenvalue weighted by Gasteiger charge is -2.06. The molecular weight excluding hydrogens is 272 g/mol. The molecule has 1 rings (SSSR count). The Morgan fingerprint density at radius 3 is 2.31 bits per heavy atom. The zero-order valence-corrected chi connectivity index (χ0v) is 10.6. The van der Waals surface area contributed by atoms with Crippen LogP contribution in [0.25, 0.3) is 0 Å². The second kappa shape index (κ2) is 6.13. The molecule has 0 heterocycles. The molecule has 0 bridgehead atoms. The first-order chi connectivity index (χ1) is 7.54. The quantitative estimate of drug-likeness (QED) is 0.854. The summed E-state index contributed by atoms with van der Waals surface area (Å²) in [6.45, 7) is 0. The van der Waals surface area contributed by atoms with Gasteiger partial charge in [-0.15, -0.1) is 11.8 Å². The van der Waals surface area contributed by atoms with Gasteiger partial charge >= 0.3 is 0 Å². The second-order valence-corrected chi connectivity index (χ2v) is 4.52. The molecule has 0 aromatic heterocycles. The maximum absolute atomic E-state index is 12.6. The molecule has 2 nitrogen and oxygen atoms in total. The third kappa shape index (κ3) is 3.70. The Kier molecular flexibility index (Phi) is 5.12. The maximum atomic E-state index is 12.6. The van der Waals surface area contributed by atoms with Crippen molar-refractivity contribution in [1.29, 1.82) is 0 Å². The van der Waals surface area contributed by atoms with Crippen LogP contribution >= 0.6 is 35.0 Å². The summed E-state index contributed by atoms with van der Waals surface area (Å²) in [6, 6.07) is 5.40. The van der Waals surface area contributed by atoms with Crippen LogP contribution in [0, 0.1) is 5.82 Å². The van der Waals surface area contributed by atoms with E-state index < -0.39 is 5.91 Å². The number of carbonyl (C=O) groups is 1. The van der Waals surface area contributed by atoms with Gasteiger partial charge in [-0.05, 0) is 30.5 Å². The second-order valence-electron chi connectivity index (χ2n) is 2.75. The van der Waals surface area contributed by atoms with Crippen LogP contribution in [0.2, 0.25) is 0 Å². The largest absolute Gasteiger partial charge is 0.321 e. The number of anilines is 1. The highest BCUT2D eigenvalue weighted by molar-refractivity contribution is 8.03. The third-order valence-corrected chi connectivity index (χ3v) is 3.08. The molecule has 0 aliphatic heterocycles. The predicted molar refractivity (Wildman–Crippen MR) is 67.3 cm³/mol. The van der Waals surface area contributed by atoms with Gasteiger partial charge in [0.15, 0.2) is 0 Å². The standard InChI is InChI=1S/C10H8Cl2FNOS/c1-16-8(9(11)12)10(15)14-7-4-2-6(13)3-5-7/h2-5H,1H3,(H,14,15). The van der Waals surface area contributed by atoms with E-state index in [-0.39, 0.29) is 15.2 Å². The Labute approximate surface area is 107 Å². The minimum Gasteiger partial charge on any atom is -0.321 e. The zero-order chi connectivity index (χ0) is 12.1. The number of thioether (sulfide) groups is 1. The van der Waals surface area contributed by atoms with Gasteiger partial charge in [-0.1, -0.05) is 23.2 Å². The van der Waals surface area contributed by atoms with Crippen molar-refractivity contribution in [2.45, 2.75) is 0 Å². The van der Waals surface area contributed by atoms with E-state index in [2.05, 4.69) is 5.32 Å². The lowest BCUT2D eigenvalue weighted by molar-refractivity contribution is -0.112. The number of halogens is 3. The monoisotopic (exact) mass is 279 g/mol. The Hall–Kier alpha value is -0.710. The minimum absolute atomic E-state index is 0.0906. The predicted octanol–water partition coefficient (Wildman–Crippen LogP) is 3.77. The van der Waals surface area contributed by atoms with E-state index >= 15 is 0 Å². The Morgan fingerprint density at radius 1 is 1.31 bits per heavy atom. The highest BCUT2D eigenvalue weighted by Gasteiger charge is 2.12. The van der Waals surface area contributed by atoms with Gasteiger partial charge in [-0.2, -0.15) is 0 Å². The summed E-state index contributed by atoms with van der Waals surface area (Å²) in [5.74, 6) is -0.784. The topological polar surface area (TPSA) is 29.1 Å². The lowest BCUT2D eigenvalue weighted by Crippen LogP contribution is -2.12. The van der Waals surface area contributed by atoms with Crippen molar-refractivity contribution in [2.75, 3.05) is 11.6 Å². The zero-order valence-electron chi connectivity index (χ0n) is 8.26. The van der Waals surface area contributed by atoms with Gasteiger partial charge in [0.2, 0.25) is 0 Å². The molecule has 1 aromatic rings. The fourth-order valence-electron chi connectivity index (χ4n) is 0.977. The van der Waals surface area contributed by atoms with Crippen molar-refractivity contribution in [1.82, 2.24) is 0 Å². The number of carbonyl (C=O) groups excluding carboxylic acids is 1. The first-order valence-electron chi connectivity index (χ1n) is 4.20. The number of amides is 1. The molecule has 0 radical (unpaired) electrons. The van der Waals surface area contributed by atoms with Crippen LogP contribution in [0.15, 0.2) is 33.7 Å². The summed E-state index contributed by atoms with van der Waals surface area (Å²) in [5, 5.41) is 2.55. The molecular formula is C10H8Cl2FNOS. The highest BCUT2D eigenvalue weighted by Crippen LogP contribution is 2.24. The number of benzene rings is 1. The molecule has 16 heavy (non-hydrogen) atoms. The summed E-state index contributed by atoms with van der Waals surface area (Å²) in [7, 11) is 0. The fourth-order valence-corrected chi connectivity index (χ4v) is 2.00. The highest BCUT2D eigenvalue weighted by atomic mass is 35.5. The average Bonchev–Trinajstić information content (AvgIpc) is 2.22. The molecule has 0 spiro atoms. The summed E-state index contributed by atoms with van der Waals surface area (Å²) in [5.41, 5.74) is 0.479. The van der Waals surface area contributed by atoms with Crippen molar-refractivity contribution >= 4 is 46.6 Å². The Balaban J connectivity index is 2.79. The van der Waals surface area contributed by atoms with Crippen LogP contribution in [0.3, 0.4) is 0 Å². The van der Waals surface area contributed by atoms with Gasteiger partial charge in [0.1, 0.15) is 15.2 Å². The smallest absolute Gasteiger partial charge is 0.264 e. The molecule has 1 amide bonds. The van der Waals surface area contributed by atoms with E-state index in [1.807, 2.05) is 0 Å². The molecule has 1 N–H and O–H groups in total. The van der Waals surface area contributed by atoms with E-state index in [4.69, 9.17) is 23.2 Å². The van der Waals surface area contributed by atoms with Crippen LogP contribution in [-0.2, 0) is 4.79 Å². The van der Waals surface area contributed by atoms with Crippen LogP contribution in [-0.4, -0.2) is 12.2 Å². The molecule has 0 saturated carbocycles. The molecule has 86 valence electrons. The minimum atomic E-state index is -0.417. The molecule has 0 unspecified atom stereocenters. The summed E-state index contributed by atoms with van der Waals surface area (Å²) in [4.78, 5) is 11.8. The number of nitrogens with one attached hydrogen (secondary N) is 1. The van der Waals surface area contributed by atoms with Crippen molar-refractivity contribution < 1.29 is 9.18 Å². The molecule has 1 aromatic carbocycles. The van der Waals surface area contributed by atoms with Gasteiger partial charge in [0.25, 0.3) is 5.91 Å². The molecule has 0 fully saturated rings. The van der Waals surface area contributed by atoms with Crippen molar-refractivity contribution in [3.63, 3.8) is 0 Å². The van der Waals surface area contributed by atoms with Crippen molar-refractivity contribution in [2.24, 2.45) is 0 Å². The Bertz CT molecular complexity index is 415. The summed E-state index contributed by atoms with van der Waals surface area (Å²) < 4.78 is 12.5. The third-order valence-electron chi connectivity index (χ3n) is 1.68. The van der Waals surface area contributed by atoms with Gasteiger partial charge in [0, 0.05) is 5.69 Å². The molecule has 0 atom stereocenters. The van der Waals surface area contributed by atoms with E-state index in [1.54, 1.807) is 6.26 Å². The van der Waals surface area contributed by atoms with Gasteiger partial charge in [-0.3, -0.25) is 4.79 Å². The average molecular weight is 280 g/mol. The van der Waals surface area contributed by atoms with Gasteiger partial charge in [0.05, 0.1) is 0 Å². The van der Waals surface area contributed by atoms with Crippen molar-refractivity contribution in [3.8, 4) is 0 Å². The summed E-state index contributed by atoms with van der Waals surface area (Å²) in [6.07, 6.45) is 1.68. The van der Waals surface area contributed by atoms with E-state index in [9.17, 15) is 9.18 Å². The van der Waals surface area contributed by atoms with Crippen LogP contribution in [0.1, 0.15) is 0 Å². The number of rotatable bonds is 3. The first-order valence-corrected chi connectivity index (χ1v) is 6.19. The van der Waals surface area contributed by atoms with Crippen LogP contribution < -0.4 is 5.32 Å². The van der Waals surface area contributed by atoms with E-state index in [0.717, 1.165) is 11.8 Å². The van der Waals surface area contributed by atoms with E-state index in [1.165, 1.54) is 24.3 Å². The normalized spacial score (nSPS) is 9.75. The number of hydrogen-bond donors (Lipinski definition) is 1. The maximum Gasteiger partial charge on any atom is 0.264 e. The fraction of sp³-hybridized carbons (Fsp3) is 0.100. The van der Waals surface area contributed by atoms with E-state index in [0.29, 0.717) is 5.69 Å². The van der Waals surface area contributed by atoms with Crippen LogP contribution in [0.5, 0.6) is 0 Å². The molecule has 0 aliphatic carbocycles. The summed E-state index contributed by atoms with van der Waals surface area (Å²) >= 11 is 12.2. The SMILES string of the molecule is CSC(C(=O)Nc1ccc(F)cc1)=C(Cl)Cl. The van der Waals surface area contributed by atoms with Crippen molar-refractivity contribution in [3.05, 3.63) is 39.5 Å². The van der Waals surface area contributed by atoms with Gasteiger partial charge in [-0.25, -0.2) is 4.39 Å². The van der Waals surface area contributed by atoms with Crippen LogP contribution in [0.4, 0.5) is 10.1 Å². The number of hydrogen-bond acceptors (Lipinski definition) is 2. The van der Waals surface area contributed by atoms with Gasteiger partial charge < -0.3 is 5.32 Å². The Morgan fingerprint density at radius 2 is 1.88 bits per heavy atom. The lowest BCUT2D eigenvalue weighted by atomic mass is 10.3.